The van der Waals surface area contributed by atoms with Crippen LogP contribution in [0.1, 0.15) is 27.7 Å². The number of thiophene rings is 1. The fraction of sp³-hybridized carbons (Fsp3) is 0.238. The van der Waals surface area contributed by atoms with Crippen molar-refractivity contribution in [3.8, 4) is 5.75 Å². The van der Waals surface area contributed by atoms with Crippen molar-refractivity contribution in [1.29, 1.82) is 0 Å². The van der Waals surface area contributed by atoms with Crippen LogP contribution in [0.5, 0.6) is 5.75 Å². The molecule has 0 bridgehead atoms. The largest absolute Gasteiger partial charge is 0.497 e. The molecule has 9 heteroatoms. The zero-order chi connectivity index (χ0) is 21.3. The number of carbonyl (C=O) groups excluding carboxylic acids is 1. The molecule has 0 aliphatic rings. The molecule has 0 saturated carbocycles. The highest BCUT2D eigenvalue weighted by Gasteiger charge is 2.19. The Bertz CT molecular complexity index is 1290. The number of hydrogen-bond donors (Lipinski definition) is 1. The molecule has 30 heavy (non-hydrogen) atoms. The lowest BCUT2D eigenvalue weighted by Crippen LogP contribution is -2.19. The van der Waals surface area contributed by atoms with Gasteiger partial charge in [0, 0.05) is 12.7 Å². The number of anilines is 1. The van der Waals surface area contributed by atoms with Crippen molar-refractivity contribution in [1.82, 2.24) is 19.3 Å². The van der Waals surface area contributed by atoms with Crippen LogP contribution in [-0.2, 0) is 13.1 Å². The fourth-order valence-electron chi connectivity index (χ4n) is 3.26. The molecular formula is C21H21N5O3S. The smallest absolute Gasteiger partial charge is 0.266 e. The minimum Gasteiger partial charge on any atom is -0.497 e. The molecule has 0 radical (unpaired) electrons. The number of ether oxygens (including phenoxy) is 1. The third-order valence-corrected chi connectivity index (χ3v) is 6.03. The molecule has 154 valence electrons. The second kappa shape index (κ2) is 8.11. The number of rotatable bonds is 6. The average Bonchev–Trinajstić information content (AvgIpc) is 3.32. The highest BCUT2D eigenvalue weighted by molar-refractivity contribution is 7.20. The molecule has 1 amide bonds. The van der Waals surface area contributed by atoms with Crippen LogP contribution in [0, 0.1) is 6.92 Å². The van der Waals surface area contributed by atoms with Crippen molar-refractivity contribution in [2.45, 2.75) is 26.9 Å². The molecule has 4 aromatic rings. The van der Waals surface area contributed by atoms with Crippen molar-refractivity contribution in [3.63, 3.8) is 0 Å². The van der Waals surface area contributed by atoms with Crippen LogP contribution in [0.3, 0.4) is 0 Å². The first kappa shape index (κ1) is 19.8. The summed E-state index contributed by atoms with van der Waals surface area (Å²) in [5, 5.41) is 7.68. The Hall–Kier alpha value is -3.46. The number of nitrogens with zero attached hydrogens (tertiary/aromatic N) is 4. The van der Waals surface area contributed by atoms with Crippen molar-refractivity contribution in [2.24, 2.45) is 0 Å². The molecule has 1 aromatic carbocycles. The van der Waals surface area contributed by atoms with Gasteiger partial charge in [0.25, 0.3) is 11.5 Å². The third-order valence-electron chi connectivity index (χ3n) is 4.83. The molecule has 3 heterocycles. The highest BCUT2D eigenvalue weighted by Crippen LogP contribution is 2.27. The topological polar surface area (TPSA) is 91.0 Å². The minimum atomic E-state index is -0.279. The fourth-order valence-corrected chi connectivity index (χ4v) is 4.30. The van der Waals surface area contributed by atoms with E-state index in [2.05, 4.69) is 15.4 Å². The third kappa shape index (κ3) is 3.71. The summed E-state index contributed by atoms with van der Waals surface area (Å²) in [4.78, 5) is 30.8. The van der Waals surface area contributed by atoms with Crippen LogP contribution in [0.4, 0.5) is 5.69 Å². The Labute approximate surface area is 176 Å². The number of fused-ring (bicyclic) bond motifs is 1. The highest BCUT2D eigenvalue weighted by atomic mass is 32.1. The molecule has 0 aliphatic carbocycles. The lowest BCUT2D eigenvalue weighted by Gasteiger charge is -2.05. The van der Waals surface area contributed by atoms with E-state index < -0.39 is 0 Å². The van der Waals surface area contributed by atoms with Gasteiger partial charge >= 0.3 is 0 Å². The number of methoxy groups -OCH3 is 1. The van der Waals surface area contributed by atoms with Gasteiger partial charge in [-0.1, -0.05) is 12.1 Å². The molecule has 0 aliphatic heterocycles. The van der Waals surface area contributed by atoms with Crippen LogP contribution < -0.4 is 15.6 Å². The summed E-state index contributed by atoms with van der Waals surface area (Å²) in [6.45, 7) is 4.75. The zero-order valence-corrected chi connectivity index (χ0v) is 17.7. The van der Waals surface area contributed by atoms with Crippen molar-refractivity contribution >= 4 is 33.1 Å². The van der Waals surface area contributed by atoms with Crippen LogP contribution in [0.25, 0.3) is 10.2 Å². The monoisotopic (exact) mass is 423 g/mol. The summed E-state index contributed by atoms with van der Waals surface area (Å²) in [5.74, 6) is 0.503. The van der Waals surface area contributed by atoms with Gasteiger partial charge in [-0.25, -0.2) is 4.98 Å². The summed E-state index contributed by atoms with van der Waals surface area (Å²) in [6.07, 6.45) is 4.89. The molecule has 3 aromatic heterocycles. The summed E-state index contributed by atoms with van der Waals surface area (Å²) in [6, 6.07) is 7.73. The quantitative estimate of drug-likeness (QED) is 0.514. The maximum Gasteiger partial charge on any atom is 0.266 e. The SMILES string of the molecule is CCn1cnc2sc(C(=O)Nc3cnn(Cc4cccc(OC)c4)c3)c(C)c2c1=O. The maximum absolute atomic E-state index is 12.8. The van der Waals surface area contributed by atoms with Gasteiger partial charge in [-0.3, -0.25) is 18.8 Å². The number of aromatic nitrogens is 4. The molecular weight excluding hydrogens is 402 g/mol. The molecule has 0 saturated heterocycles. The molecule has 0 atom stereocenters. The van der Waals surface area contributed by atoms with Crippen LogP contribution in [-0.4, -0.2) is 32.3 Å². The second-order valence-electron chi connectivity index (χ2n) is 6.80. The van der Waals surface area contributed by atoms with E-state index in [9.17, 15) is 9.59 Å². The zero-order valence-electron chi connectivity index (χ0n) is 16.9. The van der Waals surface area contributed by atoms with E-state index in [0.29, 0.717) is 39.4 Å². The van der Waals surface area contributed by atoms with E-state index in [1.165, 1.54) is 22.2 Å². The van der Waals surface area contributed by atoms with Crippen molar-refractivity contribution < 1.29 is 9.53 Å². The van der Waals surface area contributed by atoms with Gasteiger partial charge in [0.05, 0.1) is 42.1 Å². The lowest BCUT2D eigenvalue weighted by atomic mass is 10.2. The Kier molecular flexibility index (Phi) is 5.37. The van der Waals surface area contributed by atoms with E-state index in [1.807, 2.05) is 31.2 Å². The molecule has 4 rings (SSSR count). The first-order chi connectivity index (χ1) is 14.5. The summed E-state index contributed by atoms with van der Waals surface area (Å²) >= 11 is 1.22. The standard InChI is InChI=1S/C21H21N5O3S/c1-4-25-12-22-20-17(21(25)28)13(2)18(30-20)19(27)24-15-9-23-26(11-15)10-14-6-5-7-16(8-14)29-3/h5-9,11-12H,4,10H2,1-3H3,(H,24,27). The number of aryl methyl sites for hydroxylation is 2. The van der Waals surface area contributed by atoms with E-state index >= 15 is 0 Å². The Morgan fingerprint density at radius 1 is 1.33 bits per heavy atom. The Morgan fingerprint density at radius 3 is 2.93 bits per heavy atom. The van der Waals surface area contributed by atoms with Gasteiger partial charge in [0.15, 0.2) is 0 Å². The maximum atomic E-state index is 12.8. The van der Waals surface area contributed by atoms with Crippen LogP contribution >= 0.6 is 11.3 Å². The Morgan fingerprint density at radius 2 is 2.17 bits per heavy atom. The molecule has 0 unspecified atom stereocenters. The molecule has 8 nitrogen and oxygen atoms in total. The molecule has 0 fully saturated rings. The molecule has 1 N–H and O–H groups in total. The van der Waals surface area contributed by atoms with Gasteiger partial charge in [-0.05, 0) is 37.1 Å². The van der Waals surface area contributed by atoms with Crippen LogP contribution in [0.2, 0.25) is 0 Å². The summed E-state index contributed by atoms with van der Waals surface area (Å²) in [5.41, 5.74) is 2.14. The van der Waals surface area contributed by atoms with Crippen LogP contribution in [0.15, 0.2) is 47.8 Å². The summed E-state index contributed by atoms with van der Waals surface area (Å²) in [7, 11) is 1.63. The van der Waals surface area contributed by atoms with Crippen molar-refractivity contribution in [3.05, 3.63) is 69.3 Å². The van der Waals surface area contributed by atoms with Crippen molar-refractivity contribution in [2.75, 3.05) is 12.4 Å². The van der Waals surface area contributed by atoms with E-state index in [-0.39, 0.29) is 11.5 Å². The average molecular weight is 423 g/mol. The minimum absolute atomic E-state index is 0.124. The Balaban J connectivity index is 1.54. The molecule has 0 spiro atoms. The van der Waals surface area contributed by atoms with E-state index in [1.54, 1.807) is 31.1 Å². The summed E-state index contributed by atoms with van der Waals surface area (Å²) < 4.78 is 8.52. The predicted molar refractivity (Wildman–Crippen MR) is 117 cm³/mol. The number of benzene rings is 1. The number of nitrogens with one attached hydrogen (secondary N) is 1. The van der Waals surface area contributed by atoms with E-state index in [0.717, 1.165) is 11.3 Å². The first-order valence-electron chi connectivity index (χ1n) is 9.45. The van der Waals surface area contributed by atoms with E-state index in [4.69, 9.17) is 4.74 Å². The lowest BCUT2D eigenvalue weighted by molar-refractivity contribution is 0.103. The van der Waals surface area contributed by atoms with Gasteiger partial charge in [0.1, 0.15) is 10.6 Å². The van der Waals surface area contributed by atoms with Gasteiger partial charge < -0.3 is 10.1 Å². The normalized spacial score (nSPS) is 11.0. The van der Waals surface area contributed by atoms with Gasteiger partial charge in [-0.15, -0.1) is 11.3 Å². The first-order valence-corrected chi connectivity index (χ1v) is 10.3. The number of hydrogen-bond acceptors (Lipinski definition) is 6. The predicted octanol–water partition coefficient (Wildman–Crippen LogP) is 3.29. The van der Waals surface area contributed by atoms with Gasteiger partial charge in [-0.2, -0.15) is 5.10 Å². The number of amides is 1. The second-order valence-corrected chi connectivity index (χ2v) is 7.80. The van der Waals surface area contributed by atoms with Gasteiger partial charge in [0.2, 0.25) is 0 Å². The number of carbonyl (C=O) groups is 1.